The number of aliphatic hydroxyl groups is 1. The van der Waals surface area contributed by atoms with Crippen molar-refractivity contribution in [2.75, 3.05) is 5.75 Å². The number of thioether (sulfide) groups is 1. The first-order valence-electron chi connectivity index (χ1n) is 6.40. The van der Waals surface area contributed by atoms with E-state index in [2.05, 4.69) is 22.9 Å². The molecule has 2 aromatic rings. The molecule has 2 unspecified atom stereocenters. The van der Waals surface area contributed by atoms with E-state index in [1.54, 1.807) is 23.1 Å². The van der Waals surface area contributed by atoms with Gasteiger partial charge in [0.1, 0.15) is 11.9 Å². The van der Waals surface area contributed by atoms with Crippen LogP contribution in [0.5, 0.6) is 5.75 Å². The largest absolute Gasteiger partial charge is 0.486 e. The molecule has 0 spiro atoms. The molecule has 1 aromatic carbocycles. The minimum atomic E-state index is -0.402. The van der Waals surface area contributed by atoms with Crippen LogP contribution in [0.3, 0.4) is 0 Å². The number of rotatable bonds is 4. The standard InChI is InChI=1S/C15H16O2S2/c16-12(6-5-11-7-8-18-9-11)14-10-19-15-4-2-1-3-13(15)17-14/h1-4,7-9,12,14,16H,5-6,10H2. The van der Waals surface area contributed by atoms with Crippen molar-refractivity contribution >= 4 is 23.1 Å². The topological polar surface area (TPSA) is 29.5 Å². The number of aryl methyl sites for hydroxylation is 1. The van der Waals surface area contributed by atoms with Crippen LogP contribution in [0.15, 0.2) is 46.0 Å². The smallest absolute Gasteiger partial charge is 0.134 e. The van der Waals surface area contributed by atoms with Gasteiger partial charge in [-0.3, -0.25) is 0 Å². The zero-order chi connectivity index (χ0) is 13.1. The lowest BCUT2D eigenvalue weighted by molar-refractivity contribution is 0.0411. The van der Waals surface area contributed by atoms with Crippen molar-refractivity contribution < 1.29 is 9.84 Å². The van der Waals surface area contributed by atoms with Crippen molar-refractivity contribution in [3.05, 3.63) is 46.7 Å². The molecule has 4 heteroatoms. The summed E-state index contributed by atoms with van der Waals surface area (Å²) in [7, 11) is 0. The number of benzene rings is 1. The van der Waals surface area contributed by atoms with E-state index in [4.69, 9.17) is 4.74 Å². The Bertz CT molecular complexity index is 525. The van der Waals surface area contributed by atoms with Gasteiger partial charge in [-0.25, -0.2) is 0 Å². The number of hydrogen-bond donors (Lipinski definition) is 1. The highest BCUT2D eigenvalue weighted by Crippen LogP contribution is 2.36. The van der Waals surface area contributed by atoms with Gasteiger partial charge >= 0.3 is 0 Å². The summed E-state index contributed by atoms with van der Waals surface area (Å²) in [5, 5.41) is 14.5. The lowest BCUT2D eigenvalue weighted by atomic mass is 10.1. The maximum absolute atomic E-state index is 10.3. The number of hydrogen-bond acceptors (Lipinski definition) is 4. The van der Waals surface area contributed by atoms with Crippen LogP contribution in [-0.2, 0) is 6.42 Å². The Hall–Kier alpha value is -0.970. The molecule has 2 atom stereocenters. The third kappa shape index (κ3) is 3.14. The minimum absolute atomic E-state index is 0.0986. The van der Waals surface area contributed by atoms with Crippen molar-refractivity contribution in [1.29, 1.82) is 0 Å². The second kappa shape index (κ2) is 5.99. The van der Waals surface area contributed by atoms with E-state index in [1.807, 2.05) is 18.2 Å². The van der Waals surface area contributed by atoms with Crippen LogP contribution in [0.1, 0.15) is 12.0 Å². The first kappa shape index (κ1) is 13.0. The summed E-state index contributed by atoms with van der Waals surface area (Å²) >= 11 is 3.47. The molecule has 0 fully saturated rings. The maximum Gasteiger partial charge on any atom is 0.134 e. The van der Waals surface area contributed by atoms with Gasteiger partial charge in [0.25, 0.3) is 0 Å². The first-order chi connectivity index (χ1) is 9.33. The quantitative estimate of drug-likeness (QED) is 0.933. The van der Waals surface area contributed by atoms with E-state index in [-0.39, 0.29) is 6.10 Å². The molecule has 1 N–H and O–H groups in total. The van der Waals surface area contributed by atoms with Gasteiger partial charge in [-0.05, 0) is 47.4 Å². The monoisotopic (exact) mass is 292 g/mol. The number of ether oxygens (including phenoxy) is 1. The highest BCUT2D eigenvalue weighted by atomic mass is 32.2. The molecule has 0 amide bonds. The number of aliphatic hydroxyl groups excluding tert-OH is 1. The summed E-state index contributed by atoms with van der Waals surface area (Å²) in [5.74, 6) is 1.72. The Morgan fingerprint density at radius 1 is 1.32 bits per heavy atom. The molecule has 100 valence electrons. The summed E-state index contributed by atoms with van der Waals surface area (Å²) in [6.45, 7) is 0. The molecule has 0 saturated carbocycles. The molecule has 19 heavy (non-hydrogen) atoms. The third-order valence-electron chi connectivity index (χ3n) is 3.27. The number of fused-ring (bicyclic) bond motifs is 1. The molecule has 3 rings (SSSR count). The van der Waals surface area contributed by atoms with Crippen LogP contribution in [0.25, 0.3) is 0 Å². The summed E-state index contributed by atoms with van der Waals surface area (Å²) in [5.41, 5.74) is 1.30. The molecular formula is C15H16O2S2. The van der Waals surface area contributed by atoms with Crippen molar-refractivity contribution in [2.45, 2.75) is 29.9 Å². The Morgan fingerprint density at radius 3 is 3.05 bits per heavy atom. The molecule has 2 heterocycles. The predicted molar refractivity (Wildman–Crippen MR) is 80.2 cm³/mol. The second-order valence-corrected chi connectivity index (χ2v) is 6.49. The van der Waals surface area contributed by atoms with Crippen molar-refractivity contribution in [3.63, 3.8) is 0 Å². The van der Waals surface area contributed by atoms with E-state index in [0.29, 0.717) is 0 Å². The summed E-state index contributed by atoms with van der Waals surface area (Å²) in [6.07, 6.45) is 1.17. The molecule has 2 nitrogen and oxygen atoms in total. The van der Waals surface area contributed by atoms with Gasteiger partial charge in [-0.1, -0.05) is 12.1 Å². The zero-order valence-corrected chi connectivity index (χ0v) is 12.1. The lowest BCUT2D eigenvalue weighted by Gasteiger charge is -2.29. The van der Waals surface area contributed by atoms with Crippen LogP contribution in [0.2, 0.25) is 0 Å². The van der Waals surface area contributed by atoms with E-state index in [9.17, 15) is 5.11 Å². The molecule has 1 aliphatic rings. The van der Waals surface area contributed by atoms with Crippen molar-refractivity contribution in [2.24, 2.45) is 0 Å². The molecule has 0 saturated heterocycles. The average Bonchev–Trinajstić information content (AvgIpc) is 2.97. The van der Waals surface area contributed by atoms with Crippen LogP contribution >= 0.6 is 23.1 Å². The minimum Gasteiger partial charge on any atom is -0.486 e. The van der Waals surface area contributed by atoms with Crippen molar-refractivity contribution in [3.8, 4) is 5.75 Å². The fourth-order valence-electron chi connectivity index (χ4n) is 2.16. The van der Waals surface area contributed by atoms with Crippen LogP contribution in [0, 0.1) is 0 Å². The van der Waals surface area contributed by atoms with Crippen LogP contribution < -0.4 is 4.74 Å². The van der Waals surface area contributed by atoms with E-state index >= 15 is 0 Å². The maximum atomic E-state index is 10.3. The fraction of sp³-hybridized carbons (Fsp3) is 0.333. The molecule has 0 radical (unpaired) electrons. The predicted octanol–water partition coefficient (Wildman–Crippen LogP) is 3.59. The Morgan fingerprint density at radius 2 is 2.21 bits per heavy atom. The summed E-state index contributed by atoms with van der Waals surface area (Å²) in [4.78, 5) is 1.17. The van der Waals surface area contributed by atoms with Gasteiger partial charge < -0.3 is 9.84 Å². The Kier molecular flexibility index (Phi) is 4.11. The first-order valence-corrected chi connectivity index (χ1v) is 8.33. The molecule has 1 aromatic heterocycles. The van der Waals surface area contributed by atoms with Gasteiger partial charge in [0, 0.05) is 10.6 Å². The van der Waals surface area contributed by atoms with Gasteiger partial charge in [0.2, 0.25) is 0 Å². The molecule has 0 aliphatic carbocycles. The van der Waals surface area contributed by atoms with E-state index in [0.717, 1.165) is 24.3 Å². The average molecular weight is 292 g/mol. The molecular weight excluding hydrogens is 276 g/mol. The van der Waals surface area contributed by atoms with Crippen molar-refractivity contribution in [1.82, 2.24) is 0 Å². The lowest BCUT2D eigenvalue weighted by Crippen LogP contribution is -2.36. The van der Waals surface area contributed by atoms with Gasteiger partial charge in [-0.15, -0.1) is 11.8 Å². The Balaban J connectivity index is 1.58. The second-order valence-electron chi connectivity index (χ2n) is 4.65. The fourth-order valence-corrected chi connectivity index (χ4v) is 3.93. The van der Waals surface area contributed by atoms with Crippen LogP contribution in [-0.4, -0.2) is 23.1 Å². The van der Waals surface area contributed by atoms with Crippen LogP contribution in [0.4, 0.5) is 0 Å². The summed E-state index contributed by atoms with van der Waals surface area (Å²) in [6, 6.07) is 10.1. The molecule has 0 bridgehead atoms. The normalized spacial score (nSPS) is 19.5. The van der Waals surface area contributed by atoms with Gasteiger partial charge in [-0.2, -0.15) is 11.3 Å². The van der Waals surface area contributed by atoms with Gasteiger partial charge in [0.05, 0.1) is 6.10 Å². The third-order valence-corrected chi connectivity index (χ3v) is 5.14. The SMILES string of the molecule is OC(CCc1ccsc1)C1CSc2ccccc2O1. The highest BCUT2D eigenvalue weighted by Gasteiger charge is 2.26. The molecule has 1 aliphatic heterocycles. The van der Waals surface area contributed by atoms with E-state index < -0.39 is 6.10 Å². The number of thiophene rings is 1. The van der Waals surface area contributed by atoms with Gasteiger partial charge in [0.15, 0.2) is 0 Å². The number of para-hydroxylation sites is 1. The summed E-state index contributed by atoms with van der Waals surface area (Å²) < 4.78 is 5.90. The zero-order valence-electron chi connectivity index (χ0n) is 10.5. The highest BCUT2D eigenvalue weighted by molar-refractivity contribution is 7.99. The van der Waals surface area contributed by atoms with E-state index in [1.165, 1.54) is 10.5 Å². The Labute approximate surface area is 121 Å².